The van der Waals surface area contributed by atoms with Crippen molar-refractivity contribution in [2.24, 2.45) is 23.1 Å². The van der Waals surface area contributed by atoms with Gasteiger partial charge in [0.05, 0.1) is 6.17 Å². The van der Waals surface area contributed by atoms with Crippen LogP contribution in [-0.2, 0) is 0 Å². The van der Waals surface area contributed by atoms with E-state index in [-0.39, 0.29) is 12.1 Å². The van der Waals surface area contributed by atoms with E-state index in [4.69, 9.17) is 17.2 Å². The first kappa shape index (κ1) is 6.88. The van der Waals surface area contributed by atoms with Crippen molar-refractivity contribution >= 4 is 0 Å². The molecule has 1 atom stereocenters. The zero-order chi connectivity index (χ0) is 5.86. The van der Waals surface area contributed by atoms with Gasteiger partial charge in [0.2, 0.25) is 0 Å². The minimum absolute atomic E-state index is 0.236. The standard InChI is InChI=1S/C4H13N3/c1-3(2-5)4(6)7/h3-4H,2,5-7H2,1H3. The van der Waals surface area contributed by atoms with E-state index in [1.54, 1.807) is 0 Å². The smallest absolute Gasteiger partial charge is 0.0559 e. The molecule has 0 rings (SSSR count). The van der Waals surface area contributed by atoms with E-state index in [0.29, 0.717) is 6.54 Å². The van der Waals surface area contributed by atoms with Crippen molar-refractivity contribution in [1.29, 1.82) is 0 Å². The van der Waals surface area contributed by atoms with E-state index < -0.39 is 0 Å². The first-order valence-electron chi connectivity index (χ1n) is 2.39. The summed E-state index contributed by atoms with van der Waals surface area (Å²) in [5.74, 6) is 0.236. The molecule has 0 heterocycles. The molecule has 0 aromatic heterocycles. The minimum atomic E-state index is -0.259. The van der Waals surface area contributed by atoms with Gasteiger partial charge in [-0.3, -0.25) is 0 Å². The van der Waals surface area contributed by atoms with Crippen LogP contribution in [0, 0.1) is 5.92 Å². The Morgan fingerprint density at radius 2 is 1.86 bits per heavy atom. The van der Waals surface area contributed by atoms with Gasteiger partial charge in [-0.1, -0.05) is 6.92 Å². The Hall–Kier alpha value is -0.120. The molecular weight excluding hydrogens is 90.1 g/mol. The summed E-state index contributed by atoms with van der Waals surface area (Å²) in [5, 5.41) is 0. The maximum Gasteiger partial charge on any atom is 0.0559 e. The van der Waals surface area contributed by atoms with Crippen LogP contribution in [0.5, 0.6) is 0 Å². The lowest BCUT2D eigenvalue weighted by Gasteiger charge is -2.10. The third-order valence-electron chi connectivity index (χ3n) is 1.03. The Kier molecular flexibility index (Phi) is 2.91. The fourth-order valence-corrected chi connectivity index (χ4v) is 0.157. The van der Waals surface area contributed by atoms with E-state index in [2.05, 4.69) is 0 Å². The maximum atomic E-state index is 5.24. The highest BCUT2D eigenvalue weighted by molar-refractivity contribution is 4.60. The Morgan fingerprint density at radius 3 is 1.86 bits per heavy atom. The normalized spacial score (nSPS) is 15.0. The van der Waals surface area contributed by atoms with E-state index >= 15 is 0 Å². The molecule has 0 saturated carbocycles. The van der Waals surface area contributed by atoms with Gasteiger partial charge < -0.3 is 17.2 Å². The fraction of sp³-hybridized carbons (Fsp3) is 1.00. The summed E-state index contributed by atoms with van der Waals surface area (Å²) in [5.41, 5.74) is 15.7. The largest absolute Gasteiger partial charge is 0.330 e. The molecule has 0 aliphatic rings. The molecule has 0 amide bonds. The fourth-order valence-electron chi connectivity index (χ4n) is 0.157. The van der Waals surface area contributed by atoms with Gasteiger partial charge in [-0.25, -0.2) is 0 Å². The van der Waals surface area contributed by atoms with Crippen LogP contribution in [0.3, 0.4) is 0 Å². The van der Waals surface area contributed by atoms with Crippen LogP contribution < -0.4 is 17.2 Å². The molecule has 0 aromatic rings. The first-order chi connectivity index (χ1) is 3.18. The Labute approximate surface area is 43.9 Å². The summed E-state index contributed by atoms with van der Waals surface area (Å²) in [7, 11) is 0. The van der Waals surface area contributed by atoms with Gasteiger partial charge in [-0.15, -0.1) is 0 Å². The molecule has 0 aromatic carbocycles. The van der Waals surface area contributed by atoms with Gasteiger partial charge in [0.1, 0.15) is 0 Å². The predicted molar refractivity (Wildman–Crippen MR) is 30.4 cm³/mol. The SMILES string of the molecule is CC(CN)C(N)N. The molecule has 0 radical (unpaired) electrons. The molecular formula is C4H13N3. The molecule has 7 heavy (non-hydrogen) atoms. The monoisotopic (exact) mass is 103 g/mol. The minimum Gasteiger partial charge on any atom is -0.330 e. The highest BCUT2D eigenvalue weighted by atomic mass is 14.9. The van der Waals surface area contributed by atoms with Gasteiger partial charge in [0.25, 0.3) is 0 Å². The number of nitrogens with two attached hydrogens (primary N) is 3. The predicted octanol–water partition coefficient (Wildman–Crippen LogP) is -1.18. The molecule has 44 valence electrons. The Morgan fingerprint density at radius 1 is 1.43 bits per heavy atom. The van der Waals surface area contributed by atoms with E-state index in [1.807, 2.05) is 6.92 Å². The second-order valence-corrected chi connectivity index (χ2v) is 1.79. The van der Waals surface area contributed by atoms with Gasteiger partial charge in [-0.2, -0.15) is 0 Å². The van der Waals surface area contributed by atoms with Gasteiger partial charge in [-0.05, 0) is 12.5 Å². The van der Waals surface area contributed by atoms with Crippen LogP contribution in [0.2, 0.25) is 0 Å². The van der Waals surface area contributed by atoms with Crippen molar-refractivity contribution in [2.45, 2.75) is 13.1 Å². The molecule has 0 spiro atoms. The molecule has 0 aliphatic heterocycles. The summed E-state index contributed by atoms with van der Waals surface area (Å²) in [6.45, 7) is 2.49. The molecule has 0 saturated heterocycles. The summed E-state index contributed by atoms with van der Waals surface area (Å²) in [6.07, 6.45) is -0.259. The van der Waals surface area contributed by atoms with Crippen LogP contribution in [0.4, 0.5) is 0 Å². The molecule has 3 heteroatoms. The van der Waals surface area contributed by atoms with Crippen LogP contribution in [0.15, 0.2) is 0 Å². The average molecular weight is 103 g/mol. The Balaban J connectivity index is 3.14. The number of hydrogen-bond donors (Lipinski definition) is 3. The number of hydrogen-bond acceptors (Lipinski definition) is 3. The van der Waals surface area contributed by atoms with Crippen LogP contribution in [-0.4, -0.2) is 12.7 Å². The molecule has 6 N–H and O–H groups in total. The van der Waals surface area contributed by atoms with Crippen molar-refractivity contribution in [3.8, 4) is 0 Å². The van der Waals surface area contributed by atoms with E-state index in [9.17, 15) is 0 Å². The summed E-state index contributed by atoms with van der Waals surface area (Å²) < 4.78 is 0. The zero-order valence-corrected chi connectivity index (χ0v) is 4.59. The zero-order valence-electron chi connectivity index (χ0n) is 4.59. The summed E-state index contributed by atoms with van der Waals surface area (Å²) in [6, 6.07) is 0. The number of rotatable bonds is 2. The van der Waals surface area contributed by atoms with Crippen LogP contribution in [0.25, 0.3) is 0 Å². The van der Waals surface area contributed by atoms with Gasteiger partial charge >= 0.3 is 0 Å². The molecule has 3 nitrogen and oxygen atoms in total. The second-order valence-electron chi connectivity index (χ2n) is 1.79. The lowest BCUT2D eigenvalue weighted by molar-refractivity contribution is 0.477. The van der Waals surface area contributed by atoms with Crippen molar-refractivity contribution in [1.82, 2.24) is 0 Å². The van der Waals surface area contributed by atoms with Crippen LogP contribution in [0.1, 0.15) is 6.92 Å². The van der Waals surface area contributed by atoms with E-state index in [0.717, 1.165) is 0 Å². The highest BCUT2D eigenvalue weighted by Crippen LogP contribution is 1.88. The lowest BCUT2D eigenvalue weighted by atomic mass is 10.1. The maximum absolute atomic E-state index is 5.24. The highest BCUT2D eigenvalue weighted by Gasteiger charge is 2.02. The molecule has 0 aliphatic carbocycles. The van der Waals surface area contributed by atoms with E-state index in [1.165, 1.54) is 0 Å². The van der Waals surface area contributed by atoms with Crippen molar-refractivity contribution in [2.75, 3.05) is 6.54 Å². The average Bonchev–Trinajstić information content (AvgIpc) is 1.65. The molecule has 0 bridgehead atoms. The topological polar surface area (TPSA) is 78.1 Å². The second kappa shape index (κ2) is 2.96. The quantitative estimate of drug-likeness (QED) is 0.385. The van der Waals surface area contributed by atoms with Crippen molar-refractivity contribution in [3.05, 3.63) is 0 Å². The third-order valence-corrected chi connectivity index (χ3v) is 1.03. The van der Waals surface area contributed by atoms with Gasteiger partial charge in [0, 0.05) is 0 Å². The third kappa shape index (κ3) is 2.56. The first-order valence-corrected chi connectivity index (χ1v) is 2.39. The summed E-state index contributed by atoms with van der Waals surface area (Å²) in [4.78, 5) is 0. The van der Waals surface area contributed by atoms with Crippen molar-refractivity contribution < 1.29 is 0 Å². The Bertz CT molecular complexity index is 44.2. The molecule has 0 fully saturated rings. The van der Waals surface area contributed by atoms with Crippen molar-refractivity contribution in [3.63, 3.8) is 0 Å². The molecule has 1 unspecified atom stereocenters. The summed E-state index contributed by atoms with van der Waals surface area (Å²) >= 11 is 0. The lowest BCUT2D eigenvalue weighted by Crippen LogP contribution is -2.40. The van der Waals surface area contributed by atoms with Crippen LogP contribution >= 0.6 is 0 Å². The van der Waals surface area contributed by atoms with Gasteiger partial charge in [0.15, 0.2) is 0 Å².